The minimum Gasteiger partial charge on any atom is -0.469 e. The summed E-state index contributed by atoms with van der Waals surface area (Å²) in [4.78, 5) is 28.4. The molecule has 0 bridgehead atoms. The number of aliphatic hydroxyl groups is 3. The summed E-state index contributed by atoms with van der Waals surface area (Å²) in [6, 6.07) is 9.52. The number of rotatable bonds is 16. The summed E-state index contributed by atoms with van der Waals surface area (Å²) in [5.41, 5.74) is 0.872. The maximum Gasteiger partial charge on any atom is 0.305 e. The lowest BCUT2D eigenvalue weighted by molar-refractivity contribution is -0.140. The van der Waals surface area contributed by atoms with Crippen LogP contribution in [0, 0.1) is 0 Å². The van der Waals surface area contributed by atoms with E-state index in [9.17, 15) is 33.3 Å². The van der Waals surface area contributed by atoms with Gasteiger partial charge in [-0.2, -0.15) is 4.72 Å². The Hall–Kier alpha value is -2.81. The molecule has 1 aliphatic rings. The van der Waals surface area contributed by atoms with E-state index in [0.717, 1.165) is 11.1 Å². The van der Waals surface area contributed by atoms with Gasteiger partial charge in [0, 0.05) is 56.6 Å². The Labute approximate surface area is 254 Å². The van der Waals surface area contributed by atoms with Crippen LogP contribution in [0.2, 0.25) is 0 Å². The number of ether oxygens (including phenoxy) is 1. The zero-order valence-corrected chi connectivity index (χ0v) is 26.1. The standard InChI is InChI=1S/C30H46N4O8S/c1-33(2)24-14-9-12-22-21(24)11-10-15-27(22)43(40,41)32-23(30(39)31-17-7-4-5-16-28(37)42-3)13-6-8-18-34-19-25(35)29(38)26(36)20-34/h9-12,14-15,23,25-26,29,32,35-36,38H,4-8,13,16-20H2,1-3H3,(H,31,39)/t23-,25-,26+,29?/m0/s1. The van der Waals surface area contributed by atoms with Gasteiger partial charge in [-0.05, 0) is 44.4 Å². The fourth-order valence-electron chi connectivity index (χ4n) is 5.33. The van der Waals surface area contributed by atoms with E-state index in [1.54, 1.807) is 18.2 Å². The molecule has 0 saturated carbocycles. The number of carbonyl (C=O) groups excluding carboxylic acids is 2. The number of likely N-dealkylation sites (tertiary alicyclic amines) is 1. The normalized spacial score (nSPS) is 20.1. The van der Waals surface area contributed by atoms with Gasteiger partial charge in [0.1, 0.15) is 12.1 Å². The van der Waals surface area contributed by atoms with E-state index in [2.05, 4.69) is 14.8 Å². The zero-order valence-electron chi connectivity index (χ0n) is 25.2. The van der Waals surface area contributed by atoms with E-state index in [-0.39, 0.29) is 30.4 Å². The van der Waals surface area contributed by atoms with Gasteiger partial charge in [-0.15, -0.1) is 0 Å². The van der Waals surface area contributed by atoms with Crippen LogP contribution in [0.25, 0.3) is 10.8 Å². The second-order valence-corrected chi connectivity index (χ2v) is 12.9. The first-order chi connectivity index (χ1) is 20.4. The number of carbonyl (C=O) groups is 2. The SMILES string of the molecule is COC(=O)CCCCCNC(=O)[C@H](CCCCN1C[C@@H](O)C(O)[C@@H](O)C1)NS(=O)(=O)c1cccc2c(N(C)C)cccc12. The highest BCUT2D eigenvalue weighted by atomic mass is 32.2. The Morgan fingerprint density at radius 3 is 2.33 bits per heavy atom. The number of anilines is 1. The number of unbranched alkanes of at least 4 members (excludes halogenated alkanes) is 3. The molecule has 4 atom stereocenters. The number of hydrogen-bond acceptors (Lipinski definition) is 10. The molecule has 1 fully saturated rings. The van der Waals surface area contributed by atoms with E-state index in [1.165, 1.54) is 13.2 Å². The molecular formula is C30H46N4O8S. The zero-order chi connectivity index (χ0) is 31.6. The first kappa shape index (κ1) is 34.7. The summed E-state index contributed by atoms with van der Waals surface area (Å²) in [5.74, 6) is -0.716. The van der Waals surface area contributed by atoms with Crippen molar-refractivity contribution in [3.63, 3.8) is 0 Å². The molecule has 1 heterocycles. The van der Waals surface area contributed by atoms with Crippen LogP contribution in [-0.4, -0.2) is 112 Å². The molecule has 2 aromatic rings. The van der Waals surface area contributed by atoms with Crippen LogP contribution in [0.5, 0.6) is 0 Å². The van der Waals surface area contributed by atoms with E-state index in [0.29, 0.717) is 57.0 Å². The molecule has 3 rings (SSSR count). The summed E-state index contributed by atoms with van der Waals surface area (Å²) in [6.45, 7) is 1.30. The second kappa shape index (κ2) is 16.3. The van der Waals surface area contributed by atoms with Gasteiger partial charge < -0.3 is 30.3 Å². The number of piperidine rings is 1. The number of nitrogens with one attached hydrogen (secondary N) is 2. The number of aliphatic hydroxyl groups excluding tert-OH is 3. The number of β-amino-alcohol motifs (C(OH)–C–C–N with tert-alkyl or cyclic N) is 2. The Morgan fingerprint density at radius 1 is 0.977 bits per heavy atom. The lowest BCUT2D eigenvalue weighted by atomic mass is 10.0. The third-order valence-corrected chi connectivity index (χ3v) is 9.25. The van der Waals surface area contributed by atoms with Crippen LogP contribution in [0.1, 0.15) is 44.9 Å². The molecule has 43 heavy (non-hydrogen) atoms. The molecule has 13 heteroatoms. The van der Waals surface area contributed by atoms with Crippen molar-refractivity contribution in [3.05, 3.63) is 36.4 Å². The number of methoxy groups -OCH3 is 1. The molecule has 0 radical (unpaired) electrons. The summed E-state index contributed by atoms with van der Waals surface area (Å²) < 4.78 is 34.7. The molecule has 240 valence electrons. The highest BCUT2D eigenvalue weighted by Gasteiger charge is 2.33. The van der Waals surface area contributed by atoms with Crippen LogP contribution in [0.4, 0.5) is 5.69 Å². The van der Waals surface area contributed by atoms with Gasteiger partial charge >= 0.3 is 5.97 Å². The number of nitrogens with zero attached hydrogens (tertiary/aromatic N) is 2. The lowest BCUT2D eigenvalue weighted by Crippen LogP contribution is -2.55. The maximum atomic E-state index is 13.7. The number of benzene rings is 2. The topological polar surface area (TPSA) is 169 Å². The predicted octanol–water partition coefficient (Wildman–Crippen LogP) is 0.971. The van der Waals surface area contributed by atoms with Crippen LogP contribution in [0.15, 0.2) is 41.3 Å². The highest BCUT2D eigenvalue weighted by molar-refractivity contribution is 7.89. The number of amides is 1. The Morgan fingerprint density at radius 2 is 1.65 bits per heavy atom. The average molecular weight is 623 g/mol. The molecule has 2 aromatic carbocycles. The van der Waals surface area contributed by atoms with Crippen molar-refractivity contribution in [2.45, 2.75) is 74.2 Å². The maximum absolute atomic E-state index is 13.7. The molecular weight excluding hydrogens is 576 g/mol. The monoisotopic (exact) mass is 622 g/mol. The van der Waals surface area contributed by atoms with Crippen molar-refractivity contribution in [3.8, 4) is 0 Å². The number of esters is 1. The van der Waals surface area contributed by atoms with Gasteiger partial charge in [0.2, 0.25) is 15.9 Å². The van der Waals surface area contributed by atoms with Crippen LogP contribution in [-0.2, 0) is 24.3 Å². The van der Waals surface area contributed by atoms with Gasteiger partial charge in [-0.3, -0.25) is 14.5 Å². The third-order valence-electron chi connectivity index (χ3n) is 7.72. The predicted molar refractivity (Wildman–Crippen MR) is 164 cm³/mol. The fraction of sp³-hybridized carbons (Fsp3) is 0.600. The molecule has 0 aromatic heterocycles. The van der Waals surface area contributed by atoms with Crippen LogP contribution >= 0.6 is 0 Å². The van der Waals surface area contributed by atoms with Gasteiger partial charge in [0.05, 0.1) is 24.2 Å². The number of sulfonamides is 1. The van der Waals surface area contributed by atoms with Gasteiger partial charge in [-0.1, -0.05) is 37.1 Å². The van der Waals surface area contributed by atoms with E-state index in [4.69, 9.17) is 0 Å². The average Bonchev–Trinajstić information content (AvgIpc) is 2.97. The lowest BCUT2D eigenvalue weighted by Gasteiger charge is -2.36. The van der Waals surface area contributed by atoms with E-state index >= 15 is 0 Å². The van der Waals surface area contributed by atoms with Crippen molar-refractivity contribution in [2.75, 3.05) is 52.3 Å². The molecule has 0 spiro atoms. The first-order valence-electron chi connectivity index (χ1n) is 14.8. The molecule has 1 unspecified atom stereocenters. The quantitative estimate of drug-likeness (QED) is 0.134. The van der Waals surface area contributed by atoms with Crippen molar-refractivity contribution in [2.24, 2.45) is 0 Å². The largest absolute Gasteiger partial charge is 0.469 e. The van der Waals surface area contributed by atoms with Crippen molar-refractivity contribution in [1.29, 1.82) is 0 Å². The summed E-state index contributed by atoms with van der Waals surface area (Å²) >= 11 is 0. The number of hydrogen-bond donors (Lipinski definition) is 5. The van der Waals surface area contributed by atoms with Crippen molar-refractivity contribution in [1.82, 2.24) is 14.9 Å². The summed E-state index contributed by atoms with van der Waals surface area (Å²) in [7, 11) is 1.02. The molecule has 5 N–H and O–H groups in total. The van der Waals surface area contributed by atoms with Crippen LogP contribution in [0.3, 0.4) is 0 Å². The Balaban J connectivity index is 1.68. The van der Waals surface area contributed by atoms with Crippen LogP contribution < -0.4 is 14.9 Å². The summed E-state index contributed by atoms with van der Waals surface area (Å²) in [6.07, 6.45) is 0.335. The van der Waals surface area contributed by atoms with Crippen molar-refractivity contribution >= 4 is 38.4 Å². The van der Waals surface area contributed by atoms with Gasteiger partial charge in [0.15, 0.2) is 0 Å². The van der Waals surface area contributed by atoms with Gasteiger partial charge in [-0.25, -0.2) is 8.42 Å². The molecule has 12 nitrogen and oxygen atoms in total. The highest BCUT2D eigenvalue weighted by Crippen LogP contribution is 2.30. The van der Waals surface area contributed by atoms with E-state index in [1.807, 2.05) is 36.0 Å². The van der Waals surface area contributed by atoms with E-state index < -0.39 is 40.3 Å². The number of fused-ring (bicyclic) bond motifs is 1. The smallest absolute Gasteiger partial charge is 0.305 e. The Kier molecular flexibility index (Phi) is 13.2. The van der Waals surface area contributed by atoms with Gasteiger partial charge in [0.25, 0.3) is 0 Å². The van der Waals surface area contributed by atoms with Crippen molar-refractivity contribution < 1.29 is 38.1 Å². The second-order valence-electron chi connectivity index (χ2n) is 11.3. The Bertz CT molecular complexity index is 1310. The third kappa shape index (κ3) is 9.85. The molecule has 1 amide bonds. The molecule has 1 saturated heterocycles. The fourth-order valence-corrected chi connectivity index (χ4v) is 6.79. The molecule has 1 aliphatic heterocycles. The molecule has 0 aliphatic carbocycles. The summed E-state index contributed by atoms with van der Waals surface area (Å²) in [5, 5.41) is 33.9. The minimum absolute atomic E-state index is 0.0872. The minimum atomic E-state index is -4.09. The first-order valence-corrected chi connectivity index (χ1v) is 16.3.